The zero-order valence-corrected chi connectivity index (χ0v) is 14.8. The molecule has 1 aromatic heterocycles. The van der Waals surface area contributed by atoms with Gasteiger partial charge in [-0.25, -0.2) is 0 Å². The van der Waals surface area contributed by atoms with Gasteiger partial charge in [0.25, 0.3) is 0 Å². The van der Waals surface area contributed by atoms with Crippen molar-refractivity contribution in [2.75, 3.05) is 11.5 Å². The van der Waals surface area contributed by atoms with Crippen LogP contribution in [0.1, 0.15) is 11.3 Å². The highest BCUT2D eigenvalue weighted by atomic mass is 35.5. The number of hydrogen-bond acceptors (Lipinski definition) is 2. The minimum atomic E-state index is 0. The van der Waals surface area contributed by atoms with Crippen LogP contribution in [0.3, 0.4) is 0 Å². The highest BCUT2D eigenvalue weighted by Gasteiger charge is 2.19. The molecule has 1 heterocycles. The van der Waals surface area contributed by atoms with Crippen LogP contribution in [0.2, 0.25) is 0 Å². The molecule has 0 saturated heterocycles. The summed E-state index contributed by atoms with van der Waals surface area (Å²) in [6.07, 6.45) is 0.849. The van der Waals surface area contributed by atoms with Crippen LogP contribution in [0.5, 0.6) is 0 Å². The summed E-state index contributed by atoms with van der Waals surface area (Å²) in [5.41, 5.74) is 17.1. The van der Waals surface area contributed by atoms with Crippen molar-refractivity contribution in [1.29, 1.82) is 0 Å². The van der Waals surface area contributed by atoms with E-state index in [1.54, 1.807) is 0 Å². The zero-order chi connectivity index (χ0) is 16.7. The second kappa shape index (κ2) is 6.61. The number of anilines is 2. The summed E-state index contributed by atoms with van der Waals surface area (Å²) in [6.45, 7) is 0. The molecule has 0 fully saturated rings. The summed E-state index contributed by atoms with van der Waals surface area (Å²) in [5.74, 6) is 0. The van der Waals surface area contributed by atoms with Gasteiger partial charge in [0.15, 0.2) is 5.69 Å². The SMILES string of the molecule is C[n+]1c(Cc2ccc(N)cc2)c2ccccc2c2ccc(N)cc21.[Cl-]. The average molecular weight is 350 g/mol. The summed E-state index contributed by atoms with van der Waals surface area (Å²) in [6, 6.07) is 22.8. The topological polar surface area (TPSA) is 55.9 Å². The first kappa shape index (κ1) is 17.1. The molecule has 4 rings (SSSR count). The molecule has 0 atom stereocenters. The third-order valence-corrected chi connectivity index (χ3v) is 4.67. The molecule has 3 nitrogen and oxygen atoms in total. The van der Waals surface area contributed by atoms with Gasteiger partial charge in [0.1, 0.15) is 7.05 Å². The number of pyridine rings is 1. The molecule has 0 amide bonds. The number of aromatic nitrogens is 1. The number of nitrogens with zero attached hydrogens (tertiary/aromatic N) is 1. The Balaban J connectivity index is 0.00000182. The third kappa shape index (κ3) is 2.99. The Morgan fingerprint density at radius 3 is 2.12 bits per heavy atom. The van der Waals surface area contributed by atoms with Crippen molar-refractivity contribution in [2.24, 2.45) is 7.05 Å². The summed E-state index contributed by atoms with van der Waals surface area (Å²) < 4.78 is 2.25. The lowest BCUT2D eigenvalue weighted by Gasteiger charge is -2.10. The van der Waals surface area contributed by atoms with Gasteiger partial charge >= 0.3 is 0 Å². The fourth-order valence-corrected chi connectivity index (χ4v) is 3.39. The molecule has 0 aliphatic heterocycles. The minimum Gasteiger partial charge on any atom is -1.00 e. The van der Waals surface area contributed by atoms with E-state index in [1.165, 1.54) is 27.4 Å². The average Bonchev–Trinajstić information content (AvgIpc) is 2.60. The maximum atomic E-state index is 6.03. The number of aryl methyl sites for hydroxylation is 1. The molecule has 0 aliphatic carbocycles. The molecule has 25 heavy (non-hydrogen) atoms. The smallest absolute Gasteiger partial charge is 0.215 e. The molecule has 0 radical (unpaired) electrons. The number of nitrogens with two attached hydrogens (primary N) is 2. The number of benzene rings is 3. The normalized spacial score (nSPS) is 10.8. The van der Waals surface area contributed by atoms with Crippen molar-refractivity contribution in [3.05, 3.63) is 78.0 Å². The summed E-state index contributed by atoms with van der Waals surface area (Å²) >= 11 is 0. The molecule has 4 N–H and O–H groups in total. The predicted molar refractivity (Wildman–Crippen MR) is 101 cm³/mol. The Morgan fingerprint density at radius 2 is 1.40 bits per heavy atom. The van der Waals surface area contributed by atoms with Crippen molar-refractivity contribution in [3.8, 4) is 0 Å². The minimum absolute atomic E-state index is 0. The Morgan fingerprint density at radius 1 is 0.760 bits per heavy atom. The van der Waals surface area contributed by atoms with Crippen molar-refractivity contribution in [3.63, 3.8) is 0 Å². The number of halogens is 1. The lowest BCUT2D eigenvalue weighted by Crippen LogP contribution is -3.00. The van der Waals surface area contributed by atoms with Gasteiger partial charge in [-0.1, -0.05) is 30.3 Å². The van der Waals surface area contributed by atoms with Gasteiger partial charge in [0.2, 0.25) is 5.52 Å². The Bertz CT molecular complexity index is 1060. The molecule has 126 valence electrons. The molecular formula is C21H20ClN3. The quantitative estimate of drug-likeness (QED) is 0.316. The van der Waals surface area contributed by atoms with E-state index in [0.717, 1.165) is 23.3 Å². The van der Waals surface area contributed by atoms with Gasteiger partial charge < -0.3 is 23.9 Å². The number of nitrogen functional groups attached to an aromatic ring is 2. The van der Waals surface area contributed by atoms with Gasteiger partial charge in [-0.2, -0.15) is 4.57 Å². The molecular weight excluding hydrogens is 330 g/mol. The highest BCUT2D eigenvalue weighted by Crippen LogP contribution is 2.27. The van der Waals surface area contributed by atoms with Crippen LogP contribution in [0.15, 0.2) is 66.7 Å². The Labute approximate surface area is 153 Å². The van der Waals surface area contributed by atoms with Crippen molar-refractivity contribution < 1.29 is 17.0 Å². The molecule has 0 saturated carbocycles. The van der Waals surface area contributed by atoms with Gasteiger partial charge in [0.05, 0.1) is 11.8 Å². The van der Waals surface area contributed by atoms with E-state index in [1.807, 2.05) is 24.3 Å². The van der Waals surface area contributed by atoms with Crippen LogP contribution in [0, 0.1) is 0 Å². The fraction of sp³-hybridized carbons (Fsp3) is 0.0952. The molecule has 0 aliphatic rings. The van der Waals surface area contributed by atoms with Crippen LogP contribution in [-0.4, -0.2) is 0 Å². The second-order valence-corrected chi connectivity index (χ2v) is 6.25. The van der Waals surface area contributed by atoms with E-state index in [2.05, 4.69) is 54.1 Å². The van der Waals surface area contributed by atoms with E-state index < -0.39 is 0 Å². The standard InChI is InChI=1S/C21H19N3.ClH/c1-24-20(12-14-6-8-15(22)9-7-14)18-5-3-2-4-17(18)19-11-10-16(23)13-21(19)24;/h2-11,13,23H,12,22H2,1H3;1H. The molecule has 0 bridgehead atoms. The third-order valence-electron chi connectivity index (χ3n) is 4.67. The maximum Gasteiger partial charge on any atom is 0.215 e. The predicted octanol–water partition coefficient (Wildman–Crippen LogP) is 0.577. The van der Waals surface area contributed by atoms with Gasteiger partial charge in [-0.15, -0.1) is 0 Å². The molecule has 4 heteroatoms. The van der Waals surface area contributed by atoms with Crippen LogP contribution >= 0.6 is 0 Å². The van der Waals surface area contributed by atoms with E-state index in [9.17, 15) is 0 Å². The maximum absolute atomic E-state index is 6.03. The largest absolute Gasteiger partial charge is 1.00 e. The Kier molecular flexibility index (Phi) is 4.51. The van der Waals surface area contributed by atoms with Crippen LogP contribution in [-0.2, 0) is 13.5 Å². The zero-order valence-electron chi connectivity index (χ0n) is 14.0. The van der Waals surface area contributed by atoms with Crippen molar-refractivity contribution >= 4 is 33.1 Å². The summed E-state index contributed by atoms with van der Waals surface area (Å²) in [4.78, 5) is 0. The number of rotatable bonds is 2. The van der Waals surface area contributed by atoms with Crippen LogP contribution in [0.25, 0.3) is 21.7 Å². The molecule has 3 aromatic carbocycles. The first-order valence-corrected chi connectivity index (χ1v) is 8.07. The number of fused-ring (bicyclic) bond motifs is 3. The van der Waals surface area contributed by atoms with Gasteiger partial charge in [-0.3, -0.25) is 0 Å². The first-order chi connectivity index (χ1) is 11.6. The van der Waals surface area contributed by atoms with Crippen LogP contribution < -0.4 is 28.4 Å². The Hall–Kier alpha value is -2.78. The van der Waals surface area contributed by atoms with Gasteiger partial charge in [0, 0.05) is 28.2 Å². The molecule has 0 unspecified atom stereocenters. The fourth-order valence-electron chi connectivity index (χ4n) is 3.39. The monoisotopic (exact) mass is 349 g/mol. The van der Waals surface area contributed by atoms with Crippen molar-refractivity contribution in [2.45, 2.75) is 6.42 Å². The van der Waals surface area contributed by atoms with E-state index in [0.29, 0.717) is 0 Å². The molecule has 4 aromatic rings. The lowest BCUT2D eigenvalue weighted by molar-refractivity contribution is -0.650. The van der Waals surface area contributed by atoms with Gasteiger partial charge in [-0.05, 0) is 35.9 Å². The van der Waals surface area contributed by atoms with E-state index in [4.69, 9.17) is 11.5 Å². The van der Waals surface area contributed by atoms with Crippen molar-refractivity contribution in [1.82, 2.24) is 0 Å². The molecule has 0 spiro atoms. The lowest BCUT2D eigenvalue weighted by atomic mass is 9.99. The van der Waals surface area contributed by atoms with Crippen LogP contribution in [0.4, 0.5) is 11.4 Å². The van der Waals surface area contributed by atoms with E-state index in [-0.39, 0.29) is 12.4 Å². The highest BCUT2D eigenvalue weighted by molar-refractivity contribution is 6.05. The number of hydrogen-bond donors (Lipinski definition) is 2. The first-order valence-electron chi connectivity index (χ1n) is 8.07. The summed E-state index contributed by atoms with van der Waals surface area (Å²) in [7, 11) is 2.11. The van der Waals surface area contributed by atoms with E-state index >= 15 is 0 Å². The summed E-state index contributed by atoms with van der Waals surface area (Å²) in [5, 5.41) is 3.76. The second-order valence-electron chi connectivity index (χ2n) is 6.25.